The molecule has 0 aliphatic rings. The van der Waals surface area contributed by atoms with Gasteiger partial charge in [-0.2, -0.15) is 0 Å². The molecule has 0 aromatic heterocycles. The van der Waals surface area contributed by atoms with Crippen molar-refractivity contribution in [1.82, 2.24) is 0 Å². The molecular weight excluding hydrogens is 605 g/mol. The molecular formula is C29H27Cl2N3O5S2. The Labute approximate surface area is 250 Å². The Balaban J connectivity index is 1.57. The van der Waals surface area contributed by atoms with Crippen molar-refractivity contribution in [2.24, 2.45) is 0 Å². The van der Waals surface area contributed by atoms with Crippen LogP contribution in [-0.2, 0) is 24.8 Å². The maximum absolute atomic E-state index is 13.6. The van der Waals surface area contributed by atoms with E-state index in [2.05, 4.69) is 10.0 Å². The van der Waals surface area contributed by atoms with E-state index in [0.717, 1.165) is 21.0 Å². The number of halogens is 2. The largest absolute Gasteiger partial charge is 0.325 e. The second-order valence-electron chi connectivity index (χ2n) is 9.42. The Bertz CT molecular complexity index is 1810. The fraction of sp³-hybridized carbons (Fsp3) is 0.138. The van der Waals surface area contributed by atoms with Crippen molar-refractivity contribution in [3.8, 4) is 0 Å². The first-order valence-corrected chi connectivity index (χ1v) is 16.0. The van der Waals surface area contributed by atoms with Gasteiger partial charge in [-0.15, -0.1) is 0 Å². The lowest BCUT2D eigenvalue weighted by atomic mass is 10.1. The van der Waals surface area contributed by atoms with Crippen LogP contribution in [0.5, 0.6) is 0 Å². The zero-order valence-electron chi connectivity index (χ0n) is 22.4. The van der Waals surface area contributed by atoms with E-state index in [-0.39, 0.29) is 31.2 Å². The summed E-state index contributed by atoms with van der Waals surface area (Å²) >= 11 is 12.5. The van der Waals surface area contributed by atoms with Gasteiger partial charge in [0.1, 0.15) is 6.54 Å². The number of amides is 1. The fourth-order valence-electron chi connectivity index (χ4n) is 3.91. The highest BCUT2D eigenvalue weighted by Gasteiger charge is 2.29. The van der Waals surface area contributed by atoms with Crippen LogP contribution in [0.15, 0.2) is 94.7 Å². The summed E-state index contributed by atoms with van der Waals surface area (Å²) < 4.78 is 56.6. The van der Waals surface area contributed by atoms with Gasteiger partial charge in [0.25, 0.3) is 20.0 Å². The number of nitrogens with one attached hydrogen (secondary N) is 2. The van der Waals surface area contributed by atoms with Crippen molar-refractivity contribution >= 4 is 66.2 Å². The molecule has 214 valence electrons. The second-order valence-corrected chi connectivity index (χ2v) is 13.8. The molecule has 4 aromatic rings. The molecule has 4 rings (SSSR count). The first-order valence-electron chi connectivity index (χ1n) is 12.3. The van der Waals surface area contributed by atoms with Crippen LogP contribution < -0.4 is 14.3 Å². The molecule has 0 unspecified atom stereocenters. The number of carbonyl (C=O) groups is 1. The summed E-state index contributed by atoms with van der Waals surface area (Å²) in [7, 11) is -8.11. The van der Waals surface area contributed by atoms with E-state index in [1.807, 2.05) is 26.0 Å². The third-order valence-electron chi connectivity index (χ3n) is 6.16. The van der Waals surface area contributed by atoms with Gasteiger partial charge < -0.3 is 5.32 Å². The van der Waals surface area contributed by atoms with Crippen LogP contribution in [-0.4, -0.2) is 29.3 Å². The van der Waals surface area contributed by atoms with Gasteiger partial charge in [0.15, 0.2) is 0 Å². The number of hydrogen-bond donors (Lipinski definition) is 2. The molecule has 0 fully saturated rings. The van der Waals surface area contributed by atoms with Crippen molar-refractivity contribution in [3.05, 3.63) is 112 Å². The number of hydrogen-bond acceptors (Lipinski definition) is 5. The minimum absolute atomic E-state index is 0.00862. The first kappa shape index (κ1) is 30.4. The van der Waals surface area contributed by atoms with Crippen LogP contribution in [0.2, 0.25) is 10.0 Å². The molecule has 0 saturated heterocycles. The van der Waals surface area contributed by atoms with E-state index in [1.165, 1.54) is 54.6 Å². The first-order chi connectivity index (χ1) is 19.3. The summed E-state index contributed by atoms with van der Waals surface area (Å²) in [5, 5.41) is 2.94. The second kappa shape index (κ2) is 12.1. The maximum Gasteiger partial charge on any atom is 0.264 e. The molecule has 0 heterocycles. The minimum atomic E-state index is -4.22. The fourth-order valence-corrected chi connectivity index (χ4v) is 6.90. The number of benzene rings is 4. The summed E-state index contributed by atoms with van der Waals surface area (Å²) in [6.45, 7) is 4.87. The molecule has 0 aliphatic heterocycles. The summed E-state index contributed by atoms with van der Waals surface area (Å²) in [6.07, 6.45) is 0. The normalized spacial score (nSPS) is 11.6. The van der Waals surface area contributed by atoms with E-state index in [0.29, 0.717) is 5.69 Å². The van der Waals surface area contributed by atoms with E-state index in [1.54, 1.807) is 25.1 Å². The minimum Gasteiger partial charge on any atom is -0.325 e. The monoisotopic (exact) mass is 631 g/mol. The van der Waals surface area contributed by atoms with E-state index in [4.69, 9.17) is 23.2 Å². The van der Waals surface area contributed by atoms with Crippen LogP contribution in [0.4, 0.5) is 17.1 Å². The smallest absolute Gasteiger partial charge is 0.264 e. The third-order valence-corrected chi connectivity index (χ3v) is 9.87. The number of anilines is 3. The van der Waals surface area contributed by atoms with Gasteiger partial charge in [0.05, 0.1) is 26.2 Å². The number of rotatable bonds is 9. The highest BCUT2D eigenvalue weighted by molar-refractivity contribution is 7.93. The van der Waals surface area contributed by atoms with Crippen LogP contribution in [0.25, 0.3) is 0 Å². The number of nitrogens with zero attached hydrogens (tertiary/aromatic N) is 1. The van der Waals surface area contributed by atoms with Crippen LogP contribution in [0.1, 0.15) is 16.7 Å². The molecule has 2 N–H and O–H groups in total. The zero-order chi connectivity index (χ0) is 29.9. The number of sulfonamides is 2. The molecule has 8 nitrogen and oxygen atoms in total. The van der Waals surface area contributed by atoms with Crippen molar-refractivity contribution < 1.29 is 21.6 Å². The molecule has 0 atom stereocenters. The van der Waals surface area contributed by atoms with E-state index in [9.17, 15) is 21.6 Å². The SMILES string of the molecule is Cc1ccc(S(=O)(=O)N(CC(=O)Nc2ccc(S(=O)(=O)Nc3cc(C)ccc3C)cc2)c2cc(Cl)ccc2Cl)cc1. The van der Waals surface area contributed by atoms with Gasteiger partial charge in [0, 0.05) is 10.7 Å². The standard InChI is InChI=1S/C29H27Cl2N3O5S2/c1-19-5-11-25(12-6-19)41(38,39)34(28-17-22(30)8-15-26(28)31)18-29(35)32-23-9-13-24(14-10-23)40(36,37)33-27-16-20(2)4-7-21(27)3/h4-17,33H,18H2,1-3H3,(H,32,35). The summed E-state index contributed by atoms with van der Waals surface area (Å²) in [5.41, 5.74) is 3.32. The van der Waals surface area contributed by atoms with Crippen LogP contribution in [0.3, 0.4) is 0 Å². The lowest BCUT2D eigenvalue weighted by Gasteiger charge is -2.25. The number of carbonyl (C=O) groups excluding carboxylic acids is 1. The molecule has 1 amide bonds. The topological polar surface area (TPSA) is 113 Å². The molecule has 0 radical (unpaired) electrons. The van der Waals surface area contributed by atoms with Gasteiger partial charge in [-0.1, -0.05) is 53.0 Å². The zero-order valence-corrected chi connectivity index (χ0v) is 25.5. The average Bonchev–Trinajstić information content (AvgIpc) is 2.91. The maximum atomic E-state index is 13.6. The molecule has 0 aliphatic carbocycles. The van der Waals surface area contributed by atoms with Gasteiger partial charge in [-0.25, -0.2) is 16.8 Å². The van der Waals surface area contributed by atoms with Crippen molar-refractivity contribution in [2.75, 3.05) is 20.9 Å². The Morgan fingerprint density at radius 3 is 2.02 bits per heavy atom. The molecule has 12 heteroatoms. The van der Waals surface area contributed by atoms with Gasteiger partial charge in [-0.05, 0) is 92.6 Å². The van der Waals surface area contributed by atoms with Crippen molar-refractivity contribution in [3.63, 3.8) is 0 Å². The molecule has 41 heavy (non-hydrogen) atoms. The summed E-state index contributed by atoms with van der Waals surface area (Å²) in [4.78, 5) is 13.1. The third kappa shape index (κ3) is 7.20. The molecule has 0 bridgehead atoms. The molecule has 4 aromatic carbocycles. The lowest BCUT2D eigenvalue weighted by molar-refractivity contribution is -0.114. The Hall–Kier alpha value is -3.57. The number of aryl methyl sites for hydroxylation is 3. The Kier molecular flexibility index (Phi) is 8.98. The highest BCUT2D eigenvalue weighted by Crippen LogP contribution is 2.33. The van der Waals surface area contributed by atoms with Gasteiger partial charge in [0.2, 0.25) is 5.91 Å². The van der Waals surface area contributed by atoms with Gasteiger partial charge in [-0.3, -0.25) is 13.8 Å². The van der Waals surface area contributed by atoms with E-state index >= 15 is 0 Å². The molecule has 0 spiro atoms. The Morgan fingerprint density at radius 2 is 1.37 bits per heavy atom. The lowest BCUT2D eigenvalue weighted by Crippen LogP contribution is -2.38. The van der Waals surface area contributed by atoms with E-state index < -0.39 is 32.5 Å². The van der Waals surface area contributed by atoms with Crippen molar-refractivity contribution in [2.45, 2.75) is 30.6 Å². The quantitative estimate of drug-likeness (QED) is 0.217. The average molecular weight is 633 g/mol. The Morgan fingerprint density at radius 1 is 0.756 bits per heavy atom. The van der Waals surface area contributed by atoms with Gasteiger partial charge >= 0.3 is 0 Å². The predicted molar refractivity (Wildman–Crippen MR) is 164 cm³/mol. The predicted octanol–water partition coefficient (Wildman–Crippen LogP) is 6.55. The highest BCUT2D eigenvalue weighted by atomic mass is 35.5. The van der Waals surface area contributed by atoms with Crippen LogP contribution in [0, 0.1) is 20.8 Å². The molecule has 0 saturated carbocycles. The van der Waals surface area contributed by atoms with Crippen molar-refractivity contribution in [1.29, 1.82) is 0 Å². The summed E-state index contributed by atoms with van der Waals surface area (Å²) in [6, 6.07) is 21.5. The van der Waals surface area contributed by atoms with Crippen LogP contribution >= 0.6 is 23.2 Å². The summed E-state index contributed by atoms with van der Waals surface area (Å²) in [5.74, 6) is -0.680.